The predicted molar refractivity (Wildman–Crippen MR) is 50.3 cm³/mol. The number of hydrogen-bond donors (Lipinski definition) is 2. The number of carboxylic acids is 1. The van der Waals surface area contributed by atoms with Gasteiger partial charge in [0, 0.05) is 13.0 Å². The summed E-state index contributed by atoms with van der Waals surface area (Å²) in [4.78, 5) is 10.9. The first-order valence-corrected chi connectivity index (χ1v) is 4.59. The molecule has 0 atom stereocenters. The summed E-state index contributed by atoms with van der Waals surface area (Å²) in [6, 6.07) is 0. The lowest BCUT2D eigenvalue weighted by Crippen LogP contribution is -2.57. The van der Waals surface area contributed by atoms with Crippen molar-refractivity contribution >= 4 is 5.97 Å². The molecule has 0 amide bonds. The van der Waals surface area contributed by atoms with E-state index >= 15 is 0 Å². The van der Waals surface area contributed by atoms with Crippen LogP contribution < -0.4 is 5.32 Å². The van der Waals surface area contributed by atoms with Gasteiger partial charge in [-0.25, -0.2) is 0 Å². The lowest BCUT2D eigenvalue weighted by atomic mass is 9.77. The highest BCUT2D eigenvalue weighted by atomic mass is 16.4. The van der Waals surface area contributed by atoms with E-state index in [1.807, 2.05) is 0 Å². The third-order valence-corrected chi connectivity index (χ3v) is 2.51. The van der Waals surface area contributed by atoms with Crippen molar-refractivity contribution < 1.29 is 9.90 Å². The van der Waals surface area contributed by atoms with Crippen LogP contribution in [0.1, 0.15) is 32.6 Å². The maximum absolute atomic E-state index is 10.9. The number of hydrogen-bond acceptors (Lipinski definition) is 2. The van der Waals surface area contributed by atoms with Crippen LogP contribution in [0.4, 0.5) is 0 Å². The summed E-state index contributed by atoms with van der Waals surface area (Å²) in [5, 5.41) is 12.0. The summed E-state index contributed by atoms with van der Waals surface area (Å²) in [6.45, 7) is 2.46. The van der Waals surface area contributed by atoms with Crippen molar-refractivity contribution in [2.24, 2.45) is 0 Å². The van der Waals surface area contributed by atoms with E-state index in [0.717, 1.165) is 25.7 Å². The van der Waals surface area contributed by atoms with E-state index in [0.29, 0.717) is 6.54 Å². The standard InChI is InChI=1S/C10H15NO2/c1-2-3-4-8-11-10(9(12)13)6-5-7-10/h11H,4-8H2,1H3,(H,12,13). The fraction of sp³-hybridized carbons (Fsp3) is 0.700. The van der Waals surface area contributed by atoms with Gasteiger partial charge < -0.3 is 10.4 Å². The summed E-state index contributed by atoms with van der Waals surface area (Å²) in [5.74, 6) is 4.97. The Labute approximate surface area is 78.5 Å². The van der Waals surface area contributed by atoms with Crippen LogP contribution in [0, 0.1) is 11.8 Å². The summed E-state index contributed by atoms with van der Waals surface area (Å²) < 4.78 is 0. The van der Waals surface area contributed by atoms with Gasteiger partial charge in [-0.1, -0.05) is 0 Å². The van der Waals surface area contributed by atoms with Gasteiger partial charge in [0.1, 0.15) is 5.54 Å². The zero-order valence-electron chi connectivity index (χ0n) is 7.89. The summed E-state index contributed by atoms with van der Waals surface area (Å²) in [6.07, 6.45) is 3.24. The fourth-order valence-corrected chi connectivity index (χ4v) is 1.49. The molecule has 1 fully saturated rings. The van der Waals surface area contributed by atoms with E-state index in [1.165, 1.54) is 0 Å². The van der Waals surface area contributed by atoms with Crippen molar-refractivity contribution in [3.8, 4) is 11.8 Å². The van der Waals surface area contributed by atoms with Gasteiger partial charge in [-0.3, -0.25) is 4.79 Å². The van der Waals surface area contributed by atoms with Crippen LogP contribution in [0.25, 0.3) is 0 Å². The highest BCUT2D eigenvalue weighted by Crippen LogP contribution is 2.31. The van der Waals surface area contributed by atoms with Crippen LogP contribution >= 0.6 is 0 Å². The molecule has 0 saturated heterocycles. The second-order valence-electron chi connectivity index (χ2n) is 3.34. The van der Waals surface area contributed by atoms with E-state index < -0.39 is 11.5 Å². The quantitative estimate of drug-likeness (QED) is 0.502. The Morgan fingerprint density at radius 1 is 1.62 bits per heavy atom. The van der Waals surface area contributed by atoms with Crippen LogP contribution in [0.5, 0.6) is 0 Å². The van der Waals surface area contributed by atoms with E-state index in [-0.39, 0.29) is 0 Å². The van der Waals surface area contributed by atoms with Crippen molar-refractivity contribution in [2.75, 3.05) is 6.54 Å². The SMILES string of the molecule is CC#CCCNC1(C(=O)O)CCC1. The maximum Gasteiger partial charge on any atom is 0.323 e. The molecule has 2 N–H and O–H groups in total. The van der Waals surface area contributed by atoms with Crippen LogP contribution in [-0.4, -0.2) is 23.2 Å². The molecule has 72 valence electrons. The molecule has 0 bridgehead atoms. The summed E-state index contributed by atoms with van der Waals surface area (Å²) >= 11 is 0. The number of carboxylic acid groups (broad SMARTS) is 1. The minimum Gasteiger partial charge on any atom is -0.480 e. The number of rotatable bonds is 4. The molecule has 0 unspecified atom stereocenters. The van der Waals surface area contributed by atoms with Gasteiger partial charge >= 0.3 is 5.97 Å². The molecule has 0 aliphatic heterocycles. The van der Waals surface area contributed by atoms with Gasteiger partial charge in [0.05, 0.1) is 0 Å². The largest absolute Gasteiger partial charge is 0.480 e. The first-order valence-electron chi connectivity index (χ1n) is 4.59. The van der Waals surface area contributed by atoms with Gasteiger partial charge in [0.2, 0.25) is 0 Å². The summed E-state index contributed by atoms with van der Waals surface area (Å²) in [5.41, 5.74) is -0.630. The van der Waals surface area contributed by atoms with Crippen LogP contribution in [0.3, 0.4) is 0 Å². The Morgan fingerprint density at radius 2 is 2.31 bits per heavy atom. The van der Waals surface area contributed by atoms with Gasteiger partial charge in [-0.05, 0) is 26.2 Å². The molecule has 0 spiro atoms. The second kappa shape index (κ2) is 4.29. The Balaban J connectivity index is 2.31. The Kier molecular flexibility index (Phi) is 3.32. The van der Waals surface area contributed by atoms with Crippen LogP contribution in [0.2, 0.25) is 0 Å². The van der Waals surface area contributed by atoms with Crippen molar-refractivity contribution in [2.45, 2.75) is 38.1 Å². The zero-order valence-corrected chi connectivity index (χ0v) is 7.89. The van der Waals surface area contributed by atoms with Crippen molar-refractivity contribution in [3.63, 3.8) is 0 Å². The van der Waals surface area contributed by atoms with E-state index in [4.69, 9.17) is 5.11 Å². The van der Waals surface area contributed by atoms with Gasteiger partial charge in [0.25, 0.3) is 0 Å². The Morgan fingerprint density at radius 3 is 2.69 bits per heavy atom. The molecule has 0 heterocycles. The smallest absolute Gasteiger partial charge is 0.323 e. The molecule has 13 heavy (non-hydrogen) atoms. The third kappa shape index (κ3) is 2.22. The summed E-state index contributed by atoms with van der Waals surface area (Å²) in [7, 11) is 0. The van der Waals surface area contributed by atoms with Crippen LogP contribution in [-0.2, 0) is 4.79 Å². The Hall–Kier alpha value is -1.01. The molecule has 3 nitrogen and oxygen atoms in total. The maximum atomic E-state index is 10.9. The van der Waals surface area contributed by atoms with Crippen LogP contribution in [0.15, 0.2) is 0 Å². The minimum atomic E-state index is -0.719. The zero-order chi connectivity index (χ0) is 9.73. The molecular weight excluding hydrogens is 166 g/mol. The normalized spacial score (nSPS) is 18.2. The molecule has 3 heteroatoms. The monoisotopic (exact) mass is 181 g/mol. The molecule has 1 aliphatic rings. The average molecular weight is 181 g/mol. The molecule has 0 radical (unpaired) electrons. The predicted octanol–water partition coefficient (Wildman–Crippen LogP) is 0.997. The van der Waals surface area contributed by atoms with Crippen molar-refractivity contribution in [1.82, 2.24) is 5.32 Å². The van der Waals surface area contributed by atoms with Gasteiger partial charge in [-0.15, -0.1) is 11.8 Å². The highest BCUT2D eigenvalue weighted by Gasteiger charge is 2.43. The average Bonchev–Trinajstić information content (AvgIpc) is 2.01. The molecule has 1 rings (SSSR count). The molecule has 0 aromatic heterocycles. The lowest BCUT2D eigenvalue weighted by Gasteiger charge is -2.38. The Bertz CT molecular complexity index is 245. The molecule has 0 aromatic rings. The lowest BCUT2D eigenvalue weighted by molar-refractivity contribution is -0.148. The van der Waals surface area contributed by atoms with E-state index in [2.05, 4.69) is 17.2 Å². The first-order chi connectivity index (χ1) is 6.21. The highest BCUT2D eigenvalue weighted by molar-refractivity contribution is 5.79. The fourth-order valence-electron chi connectivity index (χ4n) is 1.49. The molecule has 0 aromatic carbocycles. The topological polar surface area (TPSA) is 49.3 Å². The first kappa shape index (κ1) is 10.1. The van der Waals surface area contributed by atoms with Gasteiger partial charge in [-0.2, -0.15) is 0 Å². The molecular formula is C10H15NO2. The third-order valence-electron chi connectivity index (χ3n) is 2.51. The second-order valence-corrected chi connectivity index (χ2v) is 3.34. The molecule has 1 saturated carbocycles. The van der Waals surface area contributed by atoms with E-state index in [1.54, 1.807) is 6.92 Å². The van der Waals surface area contributed by atoms with E-state index in [9.17, 15) is 4.79 Å². The number of carbonyl (C=O) groups is 1. The number of nitrogens with one attached hydrogen (secondary N) is 1. The van der Waals surface area contributed by atoms with Crippen molar-refractivity contribution in [1.29, 1.82) is 0 Å². The number of aliphatic carboxylic acids is 1. The minimum absolute atomic E-state index is 0.630. The van der Waals surface area contributed by atoms with Gasteiger partial charge in [0.15, 0.2) is 0 Å². The van der Waals surface area contributed by atoms with Crippen molar-refractivity contribution in [3.05, 3.63) is 0 Å². The molecule has 1 aliphatic carbocycles.